The van der Waals surface area contributed by atoms with Gasteiger partial charge in [0.25, 0.3) is 0 Å². The summed E-state index contributed by atoms with van der Waals surface area (Å²) in [6.07, 6.45) is 0.953. The molecule has 0 radical (unpaired) electrons. The summed E-state index contributed by atoms with van der Waals surface area (Å²) >= 11 is 5.90. The number of aromatic nitrogens is 1. The quantitative estimate of drug-likeness (QED) is 0.860. The molecule has 0 saturated heterocycles. The second-order valence-corrected chi connectivity index (χ2v) is 3.93. The van der Waals surface area contributed by atoms with Gasteiger partial charge in [0.15, 0.2) is 0 Å². The van der Waals surface area contributed by atoms with Crippen molar-refractivity contribution in [3.63, 3.8) is 0 Å². The Balaban J connectivity index is 2.34. The number of likely N-dealkylation sites (N-methyl/N-ethyl adjacent to an activating group) is 1. The Kier molecular flexibility index (Phi) is 3.19. The molecule has 0 aliphatic rings. The van der Waals surface area contributed by atoms with Crippen LogP contribution in [0.15, 0.2) is 30.3 Å². The van der Waals surface area contributed by atoms with Crippen LogP contribution in [0, 0.1) is 0 Å². The number of halogens is 1. The van der Waals surface area contributed by atoms with Crippen LogP contribution in [0.4, 0.5) is 0 Å². The van der Waals surface area contributed by atoms with E-state index in [1.807, 2.05) is 25.2 Å². The van der Waals surface area contributed by atoms with E-state index >= 15 is 0 Å². The number of rotatable bonds is 3. The zero-order chi connectivity index (χ0) is 10.7. The molecule has 1 aromatic heterocycles. The van der Waals surface area contributed by atoms with E-state index in [-0.39, 0.29) is 0 Å². The Morgan fingerprint density at radius 1 is 1.27 bits per heavy atom. The van der Waals surface area contributed by atoms with Gasteiger partial charge in [0.2, 0.25) is 0 Å². The Hall–Kier alpha value is -1.12. The van der Waals surface area contributed by atoms with Crippen LogP contribution in [0.5, 0.6) is 0 Å². The summed E-state index contributed by atoms with van der Waals surface area (Å²) in [6, 6.07) is 9.89. The second kappa shape index (κ2) is 4.60. The number of nitrogens with one attached hydrogen (secondary N) is 1. The first kappa shape index (κ1) is 10.4. The highest BCUT2D eigenvalue weighted by Gasteiger charge is 1.98. The molecule has 0 atom stereocenters. The summed E-state index contributed by atoms with van der Waals surface area (Å²) in [4.78, 5) is 4.56. The van der Waals surface area contributed by atoms with E-state index in [0.29, 0.717) is 0 Å². The van der Waals surface area contributed by atoms with Crippen molar-refractivity contribution in [1.29, 1.82) is 0 Å². The number of nitrogens with zero attached hydrogens (tertiary/aromatic N) is 1. The predicted molar refractivity (Wildman–Crippen MR) is 64.4 cm³/mol. The third kappa shape index (κ3) is 2.46. The van der Waals surface area contributed by atoms with Crippen molar-refractivity contribution in [2.75, 3.05) is 13.6 Å². The standard InChI is InChI=1S/C12H13ClN2/c1-14-7-6-11-4-2-9-8-10(13)3-5-12(9)15-11/h2-5,8,14H,6-7H2,1H3. The molecule has 1 N–H and O–H groups in total. The second-order valence-electron chi connectivity index (χ2n) is 3.49. The maximum atomic E-state index is 5.90. The Morgan fingerprint density at radius 2 is 2.13 bits per heavy atom. The molecule has 1 heterocycles. The summed E-state index contributed by atoms with van der Waals surface area (Å²) in [5.74, 6) is 0. The normalized spacial score (nSPS) is 10.8. The van der Waals surface area contributed by atoms with Crippen molar-refractivity contribution in [3.05, 3.63) is 41.0 Å². The van der Waals surface area contributed by atoms with Crippen molar-refractivity contribution < 1.29 is 0 Å². The van der Waals surface area contributed by atoms with E-state index in [9.17, 15) is 0 Å². The first-order valence-electron chi connectivity index (χ1n) is 4.99. The van der Waals surface area contributed by atoms with Gasteiger partial charge in [-0.1, -0.05) is 17.7 Å². The number of hydrogen-bond acceptors (Lipinski definition) is 2. The van der Waals surface area contributed by atoms with Gasteiger partial charge < -0.3 is 5.32 Å². The smallest absolute Gasteiger partial charge is 0.0706 e. The minimum absolute atomic E-state index is 0.757. The molecule has 1 aromatic carbocycles. The van der Waals surface area contributed by atoms with Crippen molar-refractivity contribution in [1.82, 2.24) is 10.3 Å². The SMILES string of the molecule is CNCCc1ccc2cc(Cl)ccc2n1. The van der Waals surface area contributed by atoms with E-state index in [4.69, 9.17) is 11.6 Å². The zero-order valence-electron chi connectivity index (χ0n) is 8.63. The van der Waals surface area contributed by atoms with Crippen molar-refractivity contribution in [3.8, 4) is 0 Å². The van der Waals surface area contributed by atoms with E-state index in [2.05, 4.69) is 22.4 Å². The molecule has 0 aliphatic heterocycles. The maximum absolute atomic E-state index is 5.90. The fourth-order valence-corrected chi connectivity index (χ4v) is 1.71. The fraction of sp³-hybridized carbons (Fsp3) is 0.250. The summed E-state index contributed by atoms with van der Waals surface area (Å²) in [5, 5.41) is 4.96. The predicted octanol–water partition coefficient (Wildman–Crippen LogP) is 2.65. The molecular weight excluding hydrogens is 208 g/mol. The van der Waals surface area contributed by atoms with Gasteiger partial charge in [-0.05, 0) is 31.3 Å². The first-order chi connectivity index (χ1) is 7.29. The van der Waals surface area contributed by atoms with Gasteiger partial charge in [0.05, 0.1) is 5.52 Å². The Morgan fingerprint density at radius 3 is 2.93 bits per heavy atom. The van der Waals surface area contributed by atoms with Gasteiger partial charge >= 0.3 is 0 Å². The van der Waals surface area contributed by atoms with Gasteiger partial charge in [-0.15, -0.1) is 0 Å². The molecule has 2 aromatic rings. The molecule has 0 fully saturated rings. The van der Waals surface area contributed by atoms with Gasteiger partial charge in [-0.3, -0.25) is 4.98 Å². The van der Waals surface area contributed by atoms with E-state index in [1.165, 1.54) is 0 Å². The summed E-state index contributed by atoms with van der Waals surface area (Å²) in [7, 11) is 1.95. The van der Waals surface area contributed by atoms with Crippen LogP contribution in [-0.2, 0) is 6.42 Å². The number of benzene rings is 1. The lowest BCUT2D eigenvalue weighted by Gasteiger charge is -2.02. The molecule has 0 aliphatic carbocycles. The highest BCUT2D eigenvalue weighted by atomic mass is 35.5. The van der Waals surface area contributed by atoms with Crippen LogP contribution < -0.4 is 5.32 Å². The molecule has 15 heavy (non-hydrogen) atoms. The maximum Gasteiger partial charge on any atom is 0.0706 e. The van der Waals surface area contributed by atoms with Gasteiger partial charge in [-0.2, -0.15) is 0 Å². The topological polar surface area (TPSA) is 24.9 Å². The van der Waals surface area contributed by atoms with E-state index in [1.54, 1.807) is 0 Å². The van der Waals surface area contributed by atoms with E-state index < -0.39 is 0 Å². The van der Waals surface area contributed by atoms with Gasteiger partial charge in [0, 0.05) is 29.1 Å². The van der Waals surface area contributed by atoms with Crippen molar-refractivity contribution in [2.24, 2.45) is 0 Å². The molecule has 0 bridgehead atoms. The molecule has 0 unspecified atom stereocenters. The van der Waals surface area contributed by atoms with E-state index in [0.717, 1.165) is 34.6 Å². The zero-order valence-corrected chi connectivity index (χ0v) is 9.38. The highest BCUT2D eigenvalue weighted by Crippen LogP contribution is 2.18. The average Bonchev–Trinajstić information content (AvgIpc) is 2.26. The van der Waals surface area contributed by atoms with Crippen LogP contribution in [-0.4, -0.2) is 18.6 Å². The minimum atomic E-state index is 0.757. The Labute approximate surface area is 94.3 Å². The van der Waals surface area contributed by atoms with Crippen LogP contribution in [0.3, 0.4) is 0 Å². The molecule has 3 heteroatoms. The largest absolute Gasteiger partial charge is 0.319 e. The highest BCUT2D eigenvalue weighted by molar-refractivity contribution is 6.31. The van der Waals surface area contributed by atoms with Crippen LogP contribution in [0.1, 0.15) is 5.69 Å². The van der Waals surface area contributed by atoms with Crippen LogP contribution in [0.2, 0.25) is 5.02 Å². The fourth-order valence-electron chi connectivity index (χ4n) is 1.53. The monoisotopic (exact) mass is 220 g/mol. The molecule has 0 saturated carbocycles. The van der Waals surface area contributed by atoms with Gasteiger partial charge in [0.1, 0.15) is 0 Å². The average molecular weight is 221 g/mol. The summed E-state index contributed by atoms with van der Waals surface area (Å²) in [6.45, 7) is 0.950. The minimum Gasteiger partial charge on any atom is -0.319 e. The lowest BCUT2D eigenvalue weighted by molar-refractivity contribution is 0.779. The van der Waals surface area contributed by atoms with Crippen LogP contribution in [0.25, 0.3) is 10.9 Å². The third-order valence-corrected chi connectivity index (χ3v) is 2.58. The van der Waals surface area contributed by atoms with Crippen molar-refractivity contribution in [2.45, 2.75) is 6.42 Å². The lowest BCUT2D eigenvalue weighted by atomic mass is 10.2. The summed E-state index contributed by atoms with van der Waals surface area (Å²) in [5.41, 5.74) is 2.12. The number of pyridine rings is 1. The lowest BCUT2D eigenvalue weighted by Crippen LogP contribution is -2.11. The molecule has 78 valence electrons. The molecule has 0 spiro atoms. The van der Waals surface area contributed by atoms with Crippen molar-refractivity contribution >= 4 is 22.5 Å². The first-order valence-corrected chi connectivity index (χ1v) is 5.37. The molecular formula is C12H13ClN2. The number of hydrogen-bond donors (Lipinski definition) is 1. The molecule has 0 amide bonds. The number of fused-ring (bicyclic) bond motifs is 1. The molecule has 2 rings (SSSR count). The summed E-state index contributed by atoms with van der Waals surface area (Å²) < 4.78 is 0. The molecule has 2 nitrogen and oxygen atoms in total. The van der Waals surface area contributed by atoms with Crippen LogP contribution >= 0.6 is 11.6 Å². The Bertz CT molecular complexity index is 468. The van der Waals surface area contributed by atoms with Gasteiger partial charge in [-0.25, -0.2) is 0 Å². The third-order valence-electron chi connectivity index (χ3n) is 2.34.